The summed E-state index contributed by atoms with van der Waals surface area (Å²) < 4.78 is 4.55. The van der Waals surface area contributed by atoms with Gasteiger partial charge in [-0.05, 0) is 19.1 Å². The smallest absolute Gasteiger partial charge is 0.353 e. The molecule has 0 saturated heterocycles. The number of nitrogens with one attached hydrogen (secondary N) is 1. The number of rotatable bonds is 3. The highest BCUT2D eigenvalue weighted by molar-refractivity contribution is 6.35. The van der Waals surface area contributed by atoms with Gasteiger partial charge in [0.2, 0.25) is 0 Å². The molecule has 2 rings (SSSR count). The van der Waals surface area contributed by atoms with Crippen LogP contribution in [0, 0.1) is 0 Å². The Labute approximate surface area is 104 Å². The van der Waals surface area contributed by atoms with Crippen molar-refractivity contribution in [3.05, 3.63) is 30.6 Å². The van der Waals surface area contributed by atoms with Gasteiger partial charge in [-0.15, -0.1) is 0 Å². The van der Waals surface area contributed by atoms with E-state index >= 15 is 0 Å². The Morgan fingerprint density at radius 3 is 2.89 bits per heavy atom. The summed E-state index contributed by atoms with van der Waals surface area (Å²) in [6, 6.07) is 7.52. The maximum atomic E-state index is 11.2. The zero-order chi connectivity index (χ0) is 13.0. The van der Waals surface area contributed by atoms with Crippen LogP contribution in [-0.2, 0) is 9.53 Å². The van der Waals surface area contributed by atoms with E-state index in [1.807, 2.05) is 24.3 Å². The number of aromatic nitrogens is 2. The lowest BCUT2D eigenvalue weighted by molar-refractivity contribution is -0.132. The number of benzene rings is 1. The topological polar surface area (TPSA) is 76.5 Å². The van der Waals surface area contributed by atoms with E-state index in [9.17, 15) is 4.79 Å². The molecule has 0 aliphatic heterocycles. The normalized spacial score (nSPS) is 11.3. The first-order valence-electron chi connectivity index (χ1n) is 5.30. The molecule has 1 N–H and O–H groups in total. The van der Waals surface area contributed by atoms with Crippen LogP contribution in [0.4, 0.5) is 5.82 Å². The number of carbonyl (C=O) groups is 1. The molecule has 0 fully saturated rings. The van der Waals surface area contributed by atoms with Crippen LogP contribution < -0.4 is 5.43 Å². The summed E-state index contributed by atoms with van der Waals surface area (Å²) in [5.74, 6) is 0.0599. The van der Waals surface area contributed by atoms with Gasteiger partial charge in [-0.3, -0.25) is 5.43 Å². The second kappa shape index (κ2) is 5.22. The molecule has 0 aliphatic rings. The molecule has 0 bridgehead atoms. The van der Waals surface area contributed by atoms with Gasteiger partial charge in [-0.25, -0.2) is 14.8 Å². The molecule has 1 heterocycles. The highest BCUT2D eigenvalue weighted by Gasteiger charge is 2.06. The largest absolute Gasteiger partial charge is 0.464 e. The molecular formula is C12H12N4O2. The zero-order valence-electron chi connectivity index (χ0n) is 10.0. The molecule has 6 heteroatoms. The number of hydrogen-bond acceptors (Lipinski definition) is 6. The molecule has 92 valence electrons. The number of hydrogen-bond donors (Lipinski definition) is 1. The van der Waals surface area contributed by atoms with Gasteiger partial charge in [-0.1, -0.05) is 12.1 Å². The van der Waals surface area contributed by atoms with Crippen LogP contribution in [0.3, 0.4) is 0 Å². The summed E-state index contributed by atoms with van der Waals surface area (Å²) in [7, 11) is 1.31. The maximum absolute atomic E-state index is 11.2. The van der Waals surface area contributed by atoms with Crippen molar-refractivity contribution in [2.45, 2.75) is 6.92 Å². The fraction of sp³-hybridized carbons (Fsp3) is 0.167. The van der Waals surface area contributed by atoms with E-state index in [2.05, 4.69) is 25.2 Å². The highest BCUT2D eigenvalue weighted by Crippen LogP contribution is 2.18. The lowest BCUT2D eigenvalue weighted by atomic mass is 10.2. The number of nitrogens with zero attached hydrogens (tertiary/aromatic N) is 3. The summed E-state index contributed by atoms with van der Waals surface area (Å²) in [6.07, 6.45) is 1.44. The Morgan fingerprint density at radius 1 is 1.33 bits per heavy atom. The molecule has 0 atom stereocenters. The summed E-state index contributed by atoms with van der Waals surface area (Å²) in [5.41, 5.74) is 3.77. The molecule has 18 heavy (non-hydrogen) atoms. The standard InChI is InChI=1S/C12H12N4O2/c1-8(12(17)18-2)15-16-11-9-5-3-4-6-10(9)13-7-14-11/h3-7H,1-2H3,(H,13,14,16)/b15-8+. The van der Waals surface area contributed by atoms with Gasteiger partial charge in [0.25, 0.3) is 0 Å². The van der Waals surface area contributed by atoms with E-state index < -0.39 is 5.97 Å². The fourth-order valence-electron chi connectivity index (χ4n) is 1.42. The molecule has 0 amide bonds. The summed E-state index contributed by atoms with van der Waals surface area (Å²) in [4.78, 5) is 19.4. The van der Waals surface area contributed by atoms with Crippen molar-refractivity contribution in [1.29, 1.82) is 0 Å². The van der Waals surface area contributed by atoms with Gasteiger partial charge in [0.15, 0.2) is 5.82 Å². The molecule has 2 aromatic rings. The third-order valence-corrected chi connectivity index (χ3v) is 2.35. The SMILES string of the molecule is COC(=O)/C(C)=N/Nc1ncnc2ccccc12. The predicted molar refractivity (Wildman–Crippen MR) is 68.3 cm³/mol. The van der Waals surface area contributed by atoms with Gasteiger partial charge in [0.1, 0.15) is 12.0 Å². The minimum Gasteiger partial charge on any atom is -0.464 e. The van der Waals surface area contributed by atoms with Crippen LogP contribution in [-0.4, -0.2) is 28.8 Å². The van der Waals surface area contributed by atoms with Crippen LogP contribution in [0.5, 0.6) is 0 Å². The van der Waals surface area contributed by atoms with Gasteiger partial charge < -0.3 is 4.74 Å². The zero-order valence-corrected chi connectivity index (χ0v) is 10.0. The van der Waals surface area contributed by atoms with Crippen molar-refractivity contribution in [3.8, 4) is 0 Å². The average Bonchev–Trinajstić information content (AvgIpc) is 2.43. The van der Waals surface area contributed by atoms with E-state index in [4.69, 9.17) is 0 Å². The van der Waals surface area contributed by atoms with E-state index in [1.54, 1.807) is 6.92 Å². The number of methoxy groups -OCH3 is 1. The Hall–Kier alpha value is -2.50. The Balaban J connectivity index is 2.30. The third kappa shape index (κ3) is 2.42. The van der Waals surface area contributed by atoms with E-state index in [0.717, 1.165) is 10.9 Å². The van der Waals surface area contributed by atoms with E-state index in [-0.39, 0.29) is 5.71 Å². The molecule has 6 nitrogen and oxygen atoms in total. The Kier molecular flexibility index (Phi) is 3.47. The fourth-order valence-corrected chi connectivity index (χ4v) is 1.42. The highest BCUT2D eigenvalue weighted by atomic mass is 16.5. The number of fused-ring (bicyclic) bond motifs is 1. The summed E-state index contributed by atoms with van der Waals surface area (Å²) in [5, 5.41) is 4.75. The van der Waals surface area contributed by atoms with E-state index in [0.29, 0.717) is 5.82 Å². The number of ether oxygens (including phenoxy) is 1. The summed E-state index contributed by atoms with van der Waals surface area (Å²) >= 11 is 0. The second-order valence-electron chi connectivity index (χ2n) is 3.54. The molecule has 0 saturated carbocycles. The third-order valence-electron chi connectivity index (χ3n) is 2.35. The van der Waals surface area contributed by atoms with Crippen LogP contribution in [0.2, 0.25) is 0 Å². The quantitative estimate of drug-likeness (QED) is 0.504. The lowest BCUT2D eigenvalue weighted by Crippen LogP contribution is -2.13. The molecular weight excluding hydrogens is 232 g/mol. The number of anilines is 1. The number of para-hydroxylation sites is 1. The minimum atomic E-state index is -0.485. The van der Waals surface area contributed by atoms with Crippen molar-refractivity contribution in [2.24, 2.45) is 5.10 Å². The minimum absolute atomic E-state index is 0.222. The molecule has 0 unspecified atom stereocenters. The second-order valence-corrected chi connectivity index (χ2v) is 3.54. The average molecular weight is 244 g/mol. The first-order valence-corrected chi connectivity index (χ1v) is 5.30. The first kappa shape index (κ1) is 12.0. The number of carbonyl (C=O) groups excluding carboxylic acids is 1. The Morgan fingerprint density at radius 2 is 2.11 bits per heavy atom. The van der Waals surface area contributed by atoms with Gasteiger partial charge in [-0.2, -0.15) is 5.10 Å². The van der Waals surface area contributed by atoms with Crippen LogP contribution in [0.25, 0.3) is 10.9 Å². The van der Waals surface area contributed by atoms with Crippen molar-refractivity contribution >= 4 is 28.4 Å². The van der Waals surface area contributed by atoms with Crippen molar-refractivity contribution in [3.63, 3.8) is 0 Å². The molecule has 0 aliphatic carbocycles. The summed E-state index contributed by atoms with van der Waals surface area (Å²) in [6.45, 7) is 1.56. The maximum Gasteiger partial charge on any atom is 0.353 e. The number of hydrazone groups is 1. The predicted octanol–water partition coefficient (Wildman–Crippen LogP) is 1.59. The molecule has 1 aromatic carbocycles. The Bertz CT molecular complexity index is 605. The van der Waals surface area contributed by atoms with Crippen LogP contribution in [0.15, 0.2) is 35.7 Å². The van der Waals surface area contributed by atoms with Gasteiger partial charge >= 0.3 is 5.97 Å². The van der Waals surface area contributed by atoms with Crippen molar-refractivity contribution in [1.82, 2.24) is 9.97 Å². The van der Waals surface area contributed by atoms with Crippen molar-refractivity contribution < 1.29 is 9.53 Å². The number of esters is 1. The van der Waals surface area contributed by atoms with Crippen LogP contribution in [0.1, 0.15) is 6.92 Å². The van der Waals surface area contributed by atoms with E-state index in [1.165, 1.54) is 13.4 Å². The van der Waals surface area contributed by atoms with Gasteiger partial charge in [0.05, 0.1) is 12.6 Å². The molecule has 1 aromatic heterocycles. The first-order chi connectivity index (χ1) is 8.72. The monoisotopic (exact) mass is 244 g/mol. The molecule has 0 radical (unpaired) electrons. The molecule has 0 spiro atoms. The van der Waals surface area contributed by atoms with Crippen molar-refractivity contribution in [2.75, 3.05) is 12.5 Å². The van der Waals surface area contributed by atoms with Crippen LogP contribution >= 0.6 is 0 Å². The van der Waals surface area contributed by atoms with Gasteiger partial charge in [0, 0.05) is 5.39 Å². The lowest BCUT2D eigenvalue weighted by Gasteiger charge is -2.04.